The van der Waals surface area contributed by atoms with Gasteiger partial charge in [-0.2, -0.15) is 0 Å². The summed E-state index contributed by atoms with van der Waals surface area (Å²) in [5.41, 5.74) is 0.258. The van der Waals surface area contributed by atoms with E-state index >= 15 is 0 Å². The second kappa shape index (κ2) is 5.30. The summed E-state index contributed by atoms with van der Waals surface area (Å²) in [6.45, 7) is 3.96. The van der Waals surface area contributed by atoms with Crippen LogP contribution in [0.25, 0.3) is 0 Å². The molecule has 3 rings (SSSR count). The van der Waals surface area contributed by atoms with E-state index in [2.05, 4.69) is 15.3 Å². The molecule has 0 saturated carbocycles. The van der Waals surface area contributed by atoms with Crippen molar-refractivity contribution in [2.45, 2.75) is 57.3 Å². The molecule has 5 nitrogen and oxygen atoms in total. The van der Waals surface area contributed by atoms with E-state index in [0.717, 1.165) is 19.3 Å². The van der Waals surface area contributed by atoms with Crippen LogP contribution in [-0.2, 0) is 4.74 Å². The Labute approximate surface area is 123 Å². The SMILES string of the molecule is CC(C)c1ncc(Cl)c(C(=O)NC2CC3CCC2O3)n1. The van der Waals surface area contributed by atoms with E-state index in [1.165, 1.54) is 6.20 Å². The second-order valence-corrected chi connectivity index (χ2v) is 6.18. The Morgan fingerprint density at radius 3 is 2.90 bits per heavy atom. The van der Waals surface area contributed by atoms with Crippen molar-refractivity contribution in [3.05, 3.63) is 22.7 Å². The molecule has 20 heavy (non-hydrogen) atoms. The fourth-order valence-corrected chi connectivity index (χ4v) is 3.02. The van der Waals surface area contributed by atoms with Crippen molar-refractivity contribution in [1.29, 1.82) is 0 Å². The van der Waals surface area contributed by atoms with Gasteiger partial charge in [-0.15, -0.1) is 0 Å². The third-order valence-corrected chi connectivity index (χ3v) is 4.19. The highest BCUT2D eigenvalue weighted by molar-refractivity contribution is 6.33. The largest absolute Gasteiger partial charge is 0.373 e. The van der Waals surface area contributed by atoms with E-state index in [1.54, 1.807) is 0 Å². The van der Waals surface area contributed by atoms with Gasteiger partial charge in [-0.1, -0.05) is 25.4 Å². The predicted molar refractivity (Wildman–Crippen MR) is 74.9 cm³/mol. The van der Waals surface area contributed by atoms with Crippen LogP contribution in [0.2, 0.25) is 5.02 Å². The van der Waals surface area contributed by atoms with Crippen molar-refractivity contribution in [2.24, 2.45) is 0 Å². The van der Waals surface area contributed by atoms with Crippen LogP contribution >= 0.6 is 11.6 Å². The normalized spacial score (nSPS) is 28.1. The molecule has 3 heterocycles. The van der Waals surface area contributed by atoms with E-state index in [0.29, 0.717) is 11.9 Å². The van der Waals surface area contributed by atoms with Gasteiger partial charge in [0, 0.05) is 5.92 Å². The molecule has 1 aromatic heterocycles. The maximum atomic E-state index is 12.3. The summed E-state index contributed by atoms with van der Waals surface area (Å²) in [6.07, 6.45) is 4.95. The predicted octanol–water partition coefficient (Wildman–Crippen LogP) is 2.30. The number of hydrogen-bond acceptors (Lipinski definition) is 4. The molecule has 0 spiro atoms. The van der Waals surface area contributed by atoms with Crippen LogP contribution < -0.4 is 5.32 Å². The highest BCUT2D eigenvalue weighted by Gasteiger charge is 2.41. The number of fused-ring (bicyclic) bond motifs is 2. The molecule has 2 saturated heterocycles. The molecule has 2 aliphatic heterocycles. The van der Waals surface area contributed by atoms with Gasteiger partial charge in [0.25, 0.3) is 5.91 Å². The van der Waals surface area contributed by atoms with Crippen LogP contribution in [0.15, 0.2) is 6.20 Å². The van der Waals surface area contributed by atoms with Crippen LogP contribution in [0.4, 0.5) is 0 Å². The zero-order chi connectivity index (χ0) is 14.3. The molecule has 1 N–H and O–H groups in total. The van der Waals surface area contributed by atoms with Crippen LogP contribution in [0.3, 0.4) is 0 Å². The number of nitrogens with one attached hydrogen (secondary N) is 1. The van der Waals surface area contributed by atoms with Gasteiger partial charge < -0.3 is 10.1 Å². The number of ether oxygens (including phenoxy) is 1. The maximum absolute atomic E-state index is 12.3. The molecular weight excluding hydrogens is 278 g/mol. The molecule has 3 atom stereocenters. The summed E-state index contributed by atoms with van der Waals surface area (Å²) in [7, 11) is 0. The van der Waals surface area contributed by atoms with Crippen molar-refractivity contribution < 1.29 is 9.53 Å². The number of carbonyl (C=O) groups is 1. The first-order chi connectivity index (χ1) is 9.54. The van der Waals surface area contributed by atoms with Crippen molar-refractivity contribution in [3.8, 4) is 0 Å². The zero-order valence-electron chi connectivity index (χ0n) is 11.6. The lowest BCUT2D eigenvalue weighted by molar-refractivity contribution is 0.0837. The average Bonchev–Trinajstić information content (AvgIpc) is 3.01. The first-order valence-electron chi connectivity index (χ1n) is 7.03. The Kier molecular flexibility index (Phi) is 3.65. The molecular formula is C14H18ClN3O2. The third-order valence-electron chi connectivity index (χ3n) is 3.92. The van der Waals surface area contributed by atoms with E-state index in [1.807, 2.05) is 13.8 Å². The molecule has 6 heteroatoms. The summed E-state index contributed by atoms with van der Waals surface area (Å²) in [6, 6.07) is 0.0785. The van der Waals surface area contributed by atoms with Crippen LogP contribution in [0, 0.1) is 0 Å². The van der Waals surface area contributed by atoms with Crippen molar-refractivity contribution in [3.63, 3.8) is 0 Å². The molecule has 108 valence electrons. The minimum absolute atomic E-state index is 0.0785. The molecule has 1 aromatic rings. The fraction of sp³-hybridized carbons (Fsp3) is 0.643. The summed E-state index contributed by atoms with van der Waals surface area (Å²) in [4.78, 5) is 20.8. The maximum Gasteiger partial charge on any atom is 0.271 e. The molecule has 2 aliphatic rings. The molecule has 0 aromatic carbocycles. The molecule has 0 radical (unpaired) electrons. The number of aromatic nitrogens is 2. The van der Waals surface area contributed by atoms with Gasteiger partial charge in [0.05, 0.1) is 29.5 Å². The second-order valence-electron chi connectivity index (χ2n) is 5.77. The van der Waals surface area contributed by atoms with E-state index in [4.69, 9.17) is 16.3 Å². The van der Waals surface area contributed by atoms with E-state index in [9.17, 15) is 4.79 Å². The standard InChI is InChI=1S/C14H18ClN3O2/c1-7(2)13-16-6-9(15)12(18-13)14(19)17-10-5-8-3-4-11(10)20-8/h6-8,10-11H,3-5H2,1-2H3,(H,17,19). The third kappa shape index (κ3) is 2.52. The minimum atomic E-state index is -0.236. The lowest BCUT2D eigenvalue weighted by Crippen LogP contribution is -2.41. The minimum Gasteiger partial charge on any atom is -0.373 e. The number of amides is 1. The lowest BCUT2D eigenvalue weighted by Gasteiger charge is -2.20. The number of hydrogen-bond donors (Lipinski definition) is 1. The Morgan fingerprint density at radius 1 is 1.50 bits per heavy atom. The Morgan fingerprint density at radius 2 is 2.30 bits per heavy atom. The van der Waals surface area contributed by atoms with E-state index < -0.39 is 0 Å². The molecule has 2 bridgehead atoms. The van der Waals surface area contributed by atoms with Gasteiger partial charge >= 0.3 is 0 Å². The highest BCUT2D eigenvalue weighted by Crippen LogP contribution is 2.34. The van der Waals surface area contributed by atoms with Crippen LogP contribution in [-0.4, -0.2) is 34.1 Å². The fourth-order valence-electron chi connectivity index (χ4n) is 2.84. The summed E-state index contributed by atoms with van der Waals surface area (Å²) >= 11 is 6.04. The smallest absolute Gasteiger partial charge is 0.271 e. The lowest BCUT2D eigenvalue weighted by atomic mass is 9.95. The van der Waals surface area contributed by atoms with Crippen LogP contribution in [0.1, 0.15) is 55.3 Å². The van der Waals surface area contributed by atoms with Gasteiger partial charge in [0.1, 0.15) is 11.5 Å². The number of carbonyl (C=O) groups excluding carboxylic acids is 1. The first-order valence-corrected chi connectivity index (χ1v) is 7.41. The zero-order valence-corrected chi connectivity index (χ0v) is 12.4. The quantitative estimate of drug-likeness (QED) is 0.929. The van der Waals surface area contributed by atoms with Crippen LogP contribution in [0.5, 0.6) is 0 Å². The number of nitrogens with zero attached hydrogens (tertiary/aromatic N) is 2. The van der Waals surface area contributed by atoms with Crippen molar-refractivity contribution >= 4 is 17.5 Å². The van der Waals surface area contributed by atoms with Gasteiger partial charge in [-0.25, -0.2) is 9.97 Å². The van der Waals surface area contributed by atoms with Gasteiger partial charge in [0.2, 0.25) is 0 Å². The Balaban J connectivity index is 1.75. The monoisotopic (exact) mass is 295 g/mol. The summed E-state index contributed by atoms with van der Waals surface area (Å²) in [5.74, 6) is 0.550. The summed E-state index contributed by atoms with van der Waals surface area (Å²) in [5, 5.41) is 3.28. The summed E-state index contributed by atoms with van der Waals surface area (Å²) < 4.78 is 5.73. The van der Waals surface area contributed by atoms with Crippen molar-refractivity contribution in [1.82, 2.24) is 15.3 Å². The molecule has 2 fully saturated rings. The van der Waals surface area contributed by atoms with Gasteiger partial charge in [0.15, 0.2) is 0 Å². The Bertz CT molecular complexity index is 535. The number of rotatable bonds is 3. The topological polar surface area (TPSA) is 64.1 Å². The van der Waals surface area contributed by atoms with E-state index in [-0.39, 0.29) is 34.7 Å². The number of halogens is 1. The molecule has 0 aliphatic carbocycles. The molecule has 1 amide bonds. The van der Waals surface area contributed by atoms with Gasteiger partial charge in [-0.05, 0) is 19.3 Å². The van der Waals surface area contributed by atoms with Gasteiger partial charge in [-0.3, -0.25) is 4.79 Å². The average molecular weight is 296 g/mol. The molecule has 3 unspecified atom stereocenters. The highest BCUT2D eigenvalue weighted by atomic mass is 35.5. The Hall–Kier alpha value is -1.20. The first kappa shape index (κ1) is 13.8. The van der Waals surface area contributed by atoms with Crippen molar-refractivity contribution in [2.75, 3.05) is 0 Å².